The normalized spacial score (nSPS) is 10.4. The van der Waals surface area contributed by atoms with Gasteiger partial charge < -0.3 is 19.5 Å². The molecule has 0 spiro atoms. The lowest BCUT2D eigenvalue weighted by molar-refractivity contribution is 0.102. The monoisotopic (exact) mass is 453 g/mol. The van der Waals surface area contributed by atoms with Gasteiger partial charge >= 0.3 is 0 Å². The van der Waals surface area contributed by atoms with E-state index in [0.29, 0.717) is 36.0 Å². The Morgan fingerprint density at radius 3 is 2.15 bits per heavy atom. The molecule has 0 heterocycles. The molecule has 1 amide bonds. The van der Waals surface area contributed by atoms with Crippen molar-refractivity contribution in [2.75, 3.05) is 11.9 Å². The van der Waals surface area contributed by atoms with E-state index in [2.05, 4.69) is 5.32 Å². The van der Waals surface area contributed by atoms with Gasteiger partial charge in [0, 0.05) is 16.8 Å². The molecule has 172 valence electrons. The van der Waals surface area contributed by atoms with Crippen LogP contribution < -0.4 is 19.5 Å². The first kappa shape index (κ1) is 22.9. The zero-order chi connectivity index (χ0) is 23.8. The molecule has 0 fully saturated rings. The van der Waals surface area contributed by atoms with Crippen LogP contribution in [0.1, 0.15) is 28.4 Å². The highest BCUT2D eigenvalue weighted by atomic mass is 16.5. The van der Waals surface area contributed by atoms with Gasteiger partial charge in [-0.2, -0.15) is 0 Å². The highest BCUT2D eigenvalue weighted by Crippen LogP contribution is 2.25. The van der Waals surface area contributed by atoms with E-state index in [0.717, 1.165) is 17.1 Å². The first-order valence-corrected chi connectivity index (χ1v) is 11.2. The summed E-state index contributed by atoms with van der Waals surface area (Å²) in [7, 11) is 0. The number of carbonyl (C=O) groups is 1. The summed E-state index contributed by atoms with van der Waals surface area (Å²) in [6, 6.07) is 30.0. The summed E-state index contributed by atoms with van der Waals surface area (Å²) in [5, 5.41) is 2.93. The third-order valence-electron chi connectivity index (χ3n) is 5.13. The van der Waals surface area contributed by atoms with Crippen LogP contribution in [-0.4, -0.2) is 12.5 Å². The van der Waals surface area contributed by atoms with Crippen LogP contribution in [0, 0.1) is 6.92 Å². The van der Waals surface area contributed by atoms with Crippen molar-refractivity contribution in [2.24, 2.45) is 0 Å². The largest absolute Gasteiger partial charge is 0.493 e. The van der Waals surface area contributed by atoms with Gasteiger partial charge in [0.15, 0.2) is 0 Å². The summed E-state index contributed by atoms with van der Waals surface area (Å²) in [5.41, 5.74) is 3.18. The van der Waals surface area contributed by atoms with Crippen molar-refractivity contribution in [2.45, 2.75) is 20.5 Å². The molecule has 34 heavy (non-hydrogen) atoms. The first-order chi connectivity index (χ1) is 16.6. The van der Waals surface area contributed by atoms with E-state index in [1.54, 1.807) is 12.1 Å². The van der Waals surface area contributed by atoms with Crippen LogP contribution in [0.2, 0.25) is 0 Å². The van der Waals surface area contributed by atoms with E-state index in [4.69, 9.17) is 14.2 Å². The SMILES string of the molecule is CCOc1ccc(C(=O)Nc2ccc(Oc3ccccc3)cc2)cc1COc1ccc(C)cc1. The van der Waals surface area contributed by atoms with Gasteiger partial charge in [-0.3, -0.25) is 4.79 Å². The predicted octanol–water partition coefficient (Wildman–Crippen LogP) is 7.02. The van der Waals surface area contributed by atoms with Gasteiger partial charge in [-0.25, -0.2) is 0 Å². The van der Waals surface area contributed by atoms with Crippen molar-refractivity contribution in [3.63, 3.8) is 0 Å². The average molecular weight is 454 g/mol. The molecule has 5 heteroatoms. The van der Waals surface area contributed by atoms with Crippen LogP contribution in [0.5, 0.6) is 23.0 Å². The molecule has 4 aromatic rings. The third kappa shape index (κ3) is 6.17. The number of rotatable bonds is 9. The number of hydrogen-bond acceptors (Lipinski definition) is 4. The quantitative estimate of drug-likeness (QED) is 0.296. The Kier molecular flexibility index (Phi) is 7.45. The minimum Gasteiger partial charge on any atom is -0.493 e. The number of ether oxygens (including phenoxy) is 3. The highest BCUT2D eigenvalue weighted by molar-refractivity contribution is 6.04. The molecule has 0 aromatic heterocycles. The summed E-state index contributed by atoms with van der Waals surface area (Å²) in [6.07, 6.45) is 0. The van der Waals surface area contributed by atoms with Crippen molar-refractivity contribution in [1.29, 1.82) is 0 Å². The summed E-state index contributed by atoms with van der Waals surface area (Å²) in [5.74, 6) is 2.71. The second-order valence-electron chi connectivity index (χ2n) is 7.75. The average Bonchev–Trinajstić information content (AvgIpc) is 2.86. The van der Waals surface area contributed by atoms with E-state index < -0.39 is 0 Å². The standard InChI is InChI=1S/C29H27NO4/c1-3-32-28-18-11-22(19-23(28)20-33-25-14-9-21(2)10-15-25)29(31)30-24-12-16-27(17-13-24)34-26-7-5-4-6-8-26/h4-19H,3,20H2,1-2H3,(H,30,31). The van der Waals surface area contributed by atoms with E-state index in [-0.39, 0.29) is 5.91 Å². The Morgan fingerprint density at radius 2 is 1.44 bits per heavy atom. The van der Waals surface area contributed by atoms with E-state index >= 15 is 0 Å². The maximum absolute atomic E-state index is 12.9. The van der Waals surface area contributed by atoms with Crippen LogP contribution in [0.3, 0.4) is 0 Å². The summed E-state index contributed by atoms with van der Waals surface area (Å²) >= 11 is 0. The third-order valence-corrected chi connectivity index (χ3v) is 5.13. The van der Waals surface area contributed by atoms with Crippen LogP contribution in [0.25, 0.3) is 0 Å². The van der Waals surface area contributed by atoms with Crippen LogP contribution >= 0.6 is 0 Å². The fourth-order valence-electron chi connectivity index (χ4n) is 3.36. The molecule has 0 unspecified atom stereocenters. The Balaban J connectivity index is 1.43. The number of aryl methyl sites for hydroxylation is 1. The molecular formula is C29H27NO4. The van der Waals surface area contributed by atoms with E-state index in [1.165, 1.54) is 5.56 Å². The zero-order valence-corrected chi connectivity index (χ0v) is 19.3. The number of carbonyl (C=O) groups excluding carboxylic acids is 1. The Bertz CT molecular complexity index is 1220. The maximum atomic E-state index is 12.9. The molecule has 0 aliphatic rings. The van der Waals surface area contributed by atoms with E-state index in [9.17, 15) is 4.79 Å². The minimum absolute atomic E-state index is 0.212. The molecule has 0 aliphatic heterocycles. The van der Waals surface area contributed by atoms with Gasteiger partial charge in [0.1, 0.15) is 29.6 Å². The van der Waals surface area contributed by atoms with Gasteiger partial charge in [-0.05, 0) is 80.6 Å². The number of nitrogens with one attached hydrogen (secondary N) is 1. The zero-order valence-electron chi connectivity index (χ0n) is 19.3. The van der Waals surface area contributed by atoms with Crippen molar-refractivity contribution in [3.8, 4) is 23.0 Å². The van der Waals surface area contributed by atoms with Crippen molar-refractivity contribution in [3.05, 3.63) is 114 Å². The second kappa shape index (κ2) is 11.1. The molecule has 4 aromatic carbocycles. The Hall–Kier alpha value is -4.25. The molecule has 0 bridgehead atoms. The topological polar surface area (TPSA) is 56.8 Å². The maximum Gasteiger partial charge on any atom is 0.255 e. The molecule has 0 saturated heterocycles. The van der Waals surface area contributed by atoms with Crippen molar-refractivity contribution >= 4 is 11.6 Å². The van der Waals surface area contributed by atoms with Gasteiger partial charge in [-0.15, -0.1) is 0 Å². The smallest absolute Gasteiger partial charge is 0.255 e. The number of anilines is 1. The fourth-order valence-corrected chi connectivity index (χ4v) is 3.36. The lowest BCUT2D eigenvalue weighted by Gasteiger charge is -2.14. The van der Waals surface area contributed by atoms with Crippen LogP contribution in [-0.2, 0) is 6.61 Å². The van der Waals surface area contributed by atoms with Gasteiger partial charge in [0.25, 0.3) is 5.91 Å². The van der Waals surface area contributed by atoms with Gasteiger partial charge in [0.05, 0.1) is 6.61 Å². The summed E-state index contributed by atoms with van der Waals surface area (Å²) in [4.78, 5) is 12.9. The molecule has 1 N–H and O–H groups in total. The number of amides is 1. The summed E-state index contributed by atoms with van der Waals surface area (Å²) < 4.78 is 17.5. The Morgan fingerprint density at radius 1 is 0.765 bits per heavy atom. The molecule has 0 aliphatic carbocycles. The van der Waals surface area contributed by atoms with Crippen LogP contribution in [0.4, 0.5) is 5.69 Å². The lowest BCUT2D eigenvalue weighted by Crippen LogP contribution is -2.13. The molecule has 0 saturated carbocycles. The summed E-state index contributed by atoms with van der Waals surface area (Å²) in [6.45, 7) is 4.78. The number of para-hydroxylation sites is 1. The molecule has 5 nitrogen and oxygen atoms in total. The minimum atomic E-state index is -0.212. The van der Waals surface area contributed by atoms with Gasteiger partial charge in [-0.1, -0.05) is 35.9 Å². The fraction of sp³-hybridized carbons (Fsp3) is 0.138. The first-order valence-electron chi connectivity index (χ1n) is 11.2. The number of benzene rings is 4. The molecule has 0 atom stereocenters. The molecular weight excluding hydrogens is 426 g/mol. The van der Waals surface area contributed by atoms with Crippen LogP contribution in [0.15, 0.2) is 97.1 Å². The predicted molar refractivity (Wildman–Crippen MR) is 134 cm³/mol. The highest BCUT2D eigenvalue weighted by Gasteiger charge is 2.12. The lowest BCUT2D eigenvalue weighted by atomic mass is 10.1. The van der Waals surface area contributed by atoms with Crippen molar-refractivity contribution in [1.82, 2.24) is 0 Å². The van der Waals surface area contributed by atoms with Gasteiger partial charge in [0.2, 0.25) is 0 Å². The molecule has 0 radical (unpaired) electrons. The van der Waals surface area contributed by atoms with E-state index in [1.807, 2.05) is 98.8 Å². The molecule has 4 rings (SSSR count). The number of hydrogen-bond donors (Lipinski definition) is 1. The van der Waals surface area contributed by atoms with Crippen molar-refractivity contribution < 1.29 is 19.0 Å². The second-order valence-corrected chi connectivity index (χ2v) is 7.75. The Labute approximate surface area is 199 Å².